The third-order valence-corrected chi connectivity index (χ3v) is 3.97. The van der Waals surface area contributed by atoms with Gasteiger partial charge in [-0.2, -0.15) is 22.5 Å². The number of amides is 1. The molecule has 0 bridgehead atoms. The van der Waals surface area contributed by atoms with E-state index >= 15 is 0 Å². The first-order chi connectivity index (χ1) is 13.3. The molecule has 144 valence electrons. The molecule has 0 atom stereocenters. The summed E-state index contributed by atoms with van der Waals surface area (Å²) >= 11 is 0. The topological polar surface area (TPSA) is 54.0 Å². The number of benzene rings is 2. The van der Waals surface area contributed by atoms with Gasteiger partial charge in [-0.1, -0.05) is 29.8 Å². The predicted molar refractivity (Wildman–Crippen MR) is 97.0 cm³/mol. The molecule has 0 fully saturated rings. The van der Waals surface area contributed by atoms with Gasteiger partial charge in [0.05, 0.1) is 0 Å². The number of hydrogen-bond donors (Lipinski definition) is 2. The zero-order valence-corrected chi connectivity index (χ0v) is 14.7. The van der Waals surface area contributed by atoms with Crippen molar-refractivity contribution >= 4 is 17.3 Å². The van der Waals surface area contributed by atoms with Crippen molar-refractivity contribution < 1.29 is 22.4 Å². The Balaban J connectivity index is 1.72. The second-order valence-electron chi connectivity index (χ2n) is 6.07. The van der Waals surface area contributed by atoms with Gasteiger partial charge >= 0.3 is 0 Å². The summed E-state index contributed by atoms with van der Waals surface area (Å²) in [6.07, 6.45) is 0. The summed E-state index contributed by atoms with van der Waals surface area (Å²) < 4.78 is 53.6. The first-order valence-corrected chi connectivity index (χ1v) is 8.26. The van der Waals surface area contributed by atoms with E-state index in [2.05, 4.69) is 15.6 Å². The van der Waals surface area contributed by atoms with Crippen LogP contribution in [0.3, 0.4) is 0 Å². The van der Waals surface area contributed by atoms with Crippen LogP contribution in [0.4, 0.5) is 28.9 Å². The number of nitrogens with one attached hydrogen (secondary N) is 2. The normalized spacial score (nSPS) is 10.6. The van der Waals surface area contributed by atoms with Gasteiger partial charge in [0.1, 0.15) is 5.69 Å². The molecule has 3 rings (SSSR count). The monoisotopic (exact) mass is 389 g/mol. The number of carbonyl (C=O) groups excluding carboxylic acids is 1. The van der Waals surface area contributed by atoms with E-state index in [1.54, 1.807) is 36.4 Å². The van der Waals surface area contributed by atoms with Gasteiger partial charge in [-0.25, -0.2) is 0 Å². The summed E-state index contributed by atoms with van der Waals surface area (Å²) in [6.45, 7) is 1.77. The summed E-state index contributed by atoms with van der Waals surface area (Å²) in [4.78, 5) is 14.8. The highest BCUT2D eigenvalue weighted by Gasteiger charge is 2.20. The van der Waals surface area contributed by atoms with Gasteiger partial charge in [-0.3, -0.25) is 4.79 Å². The van der Waals surface area contributed by atoms with Gasteiger partial charge in [-0.05, 0) is 36.8 Å². The lowest BCUT2D eigenvalue weighted by molar-refractivity contribution is 0.102. The first kappa shape index (κ1) is 19.3. The lowest BCUT2D eigenvalue weighted by atomic mass is 10.1. The number of hydrogen-bond acceptors (Lipinski definition) is 3. The molecule has 1 heterocycles. The highest BCUT2D eigenvalue weighted by atomic mass is 19.2. The molecule has 0 unspecified atom stereocenters. The number of aromatic nitrogens is 1. The van der Waals surface area contributed by atoms with Crippen LogP contribution in [0.5, 0.6) is 0 Å². The minimum atomic E-state index is -1.74. The second-order valence-corrected chi connectivity index (χ2v) is 6.07. The lowest BCUT2D eigenvalue weighted by Gasteiger charge is -2.11. The third-order valence-electron chi connectivity index (χ3n) is 3.97. The average molecular weight is 389 g/mol. The van der Waals surface area contributed by atoms with E-state index in [1.807, 2.05) is 19.1 Å². The summed E-state index contributed by atoms with van der Waals surface area (Å²) in [5, 5.41) is 5.03. The van der Waals surface area contributed by atoms with Crippen molar-refractivity contribution in [2.45, 2.75) is 13.5 Å². The fourth-order valence-corrected chi connectivity index (χ4v) is 2.50. The van der Waals surface area contributed by atoms with E-state index in [1.165, 1.54) is 0 Å². The third kappa shape index (κ3) is 4.28. The van der Waals surface area contributed by atoms with Gasteiger partial charge in [0.15, 0.2) is 0 Å². The van der Waals surface area contributed by atoms with Gasteiger partial charge in [0.2, 0.25) is 11.6 Å². The van der Waals surface area contributed by atoms with Gasteiger partial charge in [-0.15, -0.1) is 0 Å². The maximum atomic E-state index is 13.6. The Labute approximate surface area is 158 Å². The fraction of sp³-hybridized carbons (Fsp3) is 0.100. The van der Waals surface area contributed by atoms with Crippen LogP contribution < -0.4 is 10.6 Å². The Morgan fingerprint density at radius 1 is 0.964 bits per heavy atom. The van der Waals surface area contributed by atoms with E-state index in [0.717, 1.165) is 5.56 Å². The Morgan fingerprint density at radius 2 is 1.61 bits per heavy atom. The van der Waals surface area contributed by atoms with E-state index in [-0.39, 0.29) is 12.5 Å². The van der Waals surface area contributed by atoms with Crippen molar-refractivity contribution in [2.75, 3.05) is 10.6 Å². The molecule has 0 saturated heterocycles. The highest BCUT2D eigenvalue weighted by molar-refractivity contribution is 6.04. The van der Waals surface area contributed by atoms with Crippen LogP contribution in [0, 0.1) is 30.5 Å². The number of nitrogens with zero attached hydrogens (tertiary/aromatic N) is 1. The molecule has 2 aromatic carbocycles. The van der Waals surface area contributed by atoms with E-state index in [0.29, 0.717) is 16.8 Å². The zero-order valence-electron chi connectivity index (χ0n) is 14.7. The highest BCUT2D eigenvalue weighted by Crippen LogP contribution is 2.23. The average Bonchev–Trinajstić information content (AvgIpc) is 2.67. The molecular formula is C20H15F4N3O. The summed E-state index contributed by atoms with van der Waals surface area (Å²) in [5.74, 6) is -7.01. The largest absolute Gasteiger partial charge is 0.376 e. The number of rotatable bonds is 5. The Bertz CT molecular complexity index is 996. The molecule has 28 heavy (non-hydrogen) atoms. The number of anilines is 2. The van der Waals surface area contributed by atoms with Crippen LogP contribution in [-0.2, 0) is 6.54 Å². The molecule has 0 radical (unpaired) electrons. The molecule has 0 saturated carbocycles. The number of halogens is 4. The van der Waals surface area contributed by atoms with Crippen LogP contribution in [0.1, 0.15) is 21.5 Å². The number of pyridine rings is 1. The van der Waals surface area contributed by atoms with E-state index < -0.39 is 29.2 Å². The quantitative estimate of drug-likeness (QED) is 0.486. The maximum absolute atomic E-state index is 13.6. The molecule has 0 spiro atoms. The predicted octanol–water partition coefficient (Wildman–Crippen LogP) is 4.81. The van der Waals surface area contributed by atoms with Crippen molar-refractivity contribution in [2.24, 2.45) is 0 Å². The van der Waals surface area contributed by atoms with E-state index in [9.17, 15) is 22.4 Å². The van der Waals surface area contributed by atoms with Crippen LogP contribution in [0.25, 0.3) is 0 Å². The van der Waals surface area contributed by atoms with Crippen LogP contribution in [0.15, 0.2) is 48.5 Å². The molecular weight excluding hydrogens is 374 g/mol. The molecule has 1 amide bonds. The van der Waals surface area contributed by atoms with Crippen LogP contribution >= 0.6 is 0 Å². The summed E-state index contributed by atoms with van der Waals surface area (Å²) in [5.41, 5.74) is 1.53. The first-order valence-electron chi connectivity index (χ1n) is 8.26. The fourth-order valence-electron chi connectivity index (χ4n) is 2.50. The zero-order chi connectivity index (χ0) is 20.3. The summed E-state index contributed by atoms with van der Waals surface area (Å²) in [6, 6.07) is 13.5. The van der Waals surface area contributed by atoms with Crippen molar-refractivity contribution in [3.8, 4) is 0 Å². The molecule has 1 aromatic heterocycles. The second kappa shape index (κ2) is 8.08. The molecule has 0 aliphatic heterocycles. The lowest BCUT2D eigenvalue weighted by Crippen LogP contribution is -2.12. The molecule has 8 heteroatoms. The standard InChI is InChI=1S/C20H15F4N3O/c1-11-5-7-13(8-6-11)20(28)26-14-4-2-3-12(9-14)10-25-17-15(21)18(23)27-19(24)16(17)22/h2-9H,10H2,1H3,(H,25,27)(H,26,28). The van der Waals surface area contributed by atoms with Gasteiger partial charge < -0.3 is 10.6 Å². The molecule has 4 nitrogen and oxygen atoms in total. The molecule has 0 aliphatic rings. The van der Waals surface area contributed by atoms with Crippen molar-refractivity contribution in [3.05, 3.63) is 88.8 Å². The molecule has 2 N–H and O–H groups in total. The minimum Gasteiger partial charge on any atom is -0.376 e. The van der Waals surface area contributed by atoms with Gasteiger partial charge in [0.25, 0.3) is 17.8 Å². The minimum absolute atomic E-state index is 0.134. The van der Waals surface area contributed by atoms with Crippen molar-refractivity contribution in [3.63, 3.8) is 0 Å². The number of carbonyl (C=O) groups is 1. The SMILES string of the molecule is Cc1ccc(C(=O)Nc2cccc(CNc3c(F)c(F)nc(F)c3F)c2)cc1. The van der Waals surface area contributed by atoms with E-state index in [4.69, 9.17) is 0 Å². The van der Waals surface area contributed by atoms with Crippen LogP contribution in [0.2, 0.25) is 0 Å². The number of aryl methyl sites for hydroxylation is 1. The Kier molecular flexibility index (Phi) is 5.58. The van der Waals surface area contributed by atoms with Crippen LogP contribution in [-0.4, -0.2) is 10.9 Å². The molecule has 0 aliphatic carbocycles. The maximum Gasteiger partial charge on any atom is 0.255 e. The molecule has 3 aromatic rings. The Morgan fingerprint density at radius 3 is 2.25 bits per heavy atom. The van der Waals surface area contributed by atoms with Crippen molar-refractivity contribution in [1.82, 2.24) is 4.98 Å². The van der Waals surface area contributed by atoms with Gasteiger partial charge in [0, 0.05) is 17.8 Å². The summed E-state index contributed by atoms with van der Waals surface area (Å²) in [7, 11) is 0. The smallest absolute Gasteiger partial charge is 0.255 e. The van der Waals surface area contributed by atoms with Crippen molar-refractivity contribution in [1.29, 1.82) is 0 Å². The Hall–Kier alpha value is -3.42.